The SMILES string of the molecule is Cc1ccc(C#N)cc1Nc1ncc(Cl)cc1Br. The topological polar surface area (TPSA) is 48.7 Å². The molecule has 5 heteroatoms. The molecule has 0 amide bonds. The van der Waals surface area contributed by atoms with Crippen molar-refractivity contribution in [3.05, 3.63) is 51.1 Å². The van der Waals surface area contributed by atoms with E-state index in [2.05, 4.69) is 32.3 Å². The summed E-state index contributed by atoms with van der Waals surface area (Å²) in [5.74, 6) is 0.664. The van der Waals surface area contributed by atoms with Gasteiger partial charge in [-0.1, -0.05) is 17.7 Å². The van der Waals surface area contributed by atoms with Gasteiger partial charge in [0.05, 0.1) is 21.1 Å². The van der Waals surface area contributed by atoms with Crippen LogP contribution in [0.15, 0.2) is 34.9 Å². The van der Waals surface area contributed by atoms with Crippen LogP contribution in [0.1, 0.15) is 11.1 Å². The molecule has 0 bridgehead atoms. The van der Waals surface area contributed by atoms with Crippen LogP contribution in [-0.4, -0.2) is 4.98 Å². The lowest BCUT2D eigenvalue weighted by molar-refractivity contribution is 1.28. The third kappa shape index (κ3) is 2.81. The van der Waals surface area contributed by atoms with Gasteiger partial charge in [-0.15, -0.1) is 0 Å². The zero-order chi connectivity index (χ0) is 13.1. The normalized spacial score (nSPS) is 9.89. The van der Waals surface area contributed by atoms with Crippen molar-refractivity contribution in [3.63, 3.8) is 0 Å². The fraction of sp³-hybridized carbons (Fsp3) is 0.0769. The molecule has 0 aliphatic rings. The molecule has 1 N–H and O–H groups in total. The minimum absolute atomic E-state index is 0.565. The van der Waals surface area contributed by atoms with Crippen LogP contribution in [0, 0.1) is 18.3 Å². The number of hydrogen-bond donors (Lipinski definition) is 1. The molecule has 18 heavy (non-hydrogen) atoms. The van der Waals surface area contributed by atoms with Gasteiger partial charge in [0.1, 0.15) is 5.82 Å². The van der Waals surface area contributed by atoms with Crippen molar-refractivity contribution >= 4 is 39.0 Å². The van der Waals surface area contributed by atoms with E-state index in [1.54, 1.807) is 24.4 Å². The summed E-state index contributed by atoms with van der Waals surface area (Å²) in [7, 11) is 0. The minimum Gasteiger partial charge on any atom is -0.339 e. The molecule has 2 aromatic rings. The summed E-state index contributed by atoms with van der Waals surface area (Å²) in [4.78, 5) is 4.20. The lowest BCUT2D eigenvalue weighted by Crippen LogP contribution is -1.97. The Kier molecular flexibility index (Phi) is 3.85. The van der Waals surface area contributed by atoms with Crippen LogP contribution in [0.4, 0.5) is 11.5 Å². The van der Waals surface area contributed by atoms with E-state index in [1.807, 2.05) is 13.0 Å². The van der Waals surface area contributed by atoms with Crippen LogP contribution in [-0.2, 0) is 0 Å². The second-order valence-electron chi connectivity index (χ2n) is 3.75. The fourth-order valence-corrected chi connectivity index (χ4v) is 2.20. The van der Waals surface area contributed by atoms with Gasteiger partial charge in [-0.3, -0.25) is 0 Å². The number of hydrogen-bond acceptors (Lipinski definition) is 3. The maximum Gasteiger partial charge on any atom is 0.144 e. The number of nitrogens with zero attached hydrogens (tertiary/aromatic N) is 2. The number of nitriles is 1. The molecule has 0 saturated heterocycles. The Morgan fingerprint density at radius 1 is 1.39 bits per heavy atom. The van der Waals surface area contributed by atoms with Gasteiger partial charge in [0.2, 0.25) is 0 Å². The Hall–Kier alpha value is -1.57. The number of aromatic nitrogens is 1. The molecule has 0 unspecified atom stereocenters. The molecule has 0 saturated carbocycles. The highest BCUT2D eigenvalue weighted by Crippen LogP contribution is 2.27. The predicted molar refractivity (Wildman–Crippen MR) is 76.1 cm³/mol. The maximum absolute atomic E-state index is 8.89. The summed E-state index contributed by atoms with van der Waals surface area (Å²) in [6.07, 6.45) is 1.57. The van der Waals surface area contributed by atoms with E-state index in [9.17, 15) is 0 Å². The Bertz CT molecular complexity index is 635. The van der Waals surface area contributed by atoms with E-state index in [1.165, 1.54) is 0 Å². The van der Waals surface area contributed by atoms with Crippen LogP contribution < -0.4 is 5.32 Å². The van der Waals surface area contributed by atoms with E-state index < -0.39 is 0 Å². The van der Waals surface area contributed by atoms with Gasteiger partial charge in [-0.2, -0.15) is 5.26 Å². The molecule has 0 radical (unpaired) electrons. The van der Waals surface area contributed by atoms with Crippen molar-refractivity contribution in [1.29, 1.82) is 5.26 Å². The average molecular weight is 323 g/mol. The molecule has 0 spiro atoms. The summed E-state index contributed by atoms with van der Waals surface area (Å²) < 4.78 is 0.775. The number of benzene rings is 1. The zero-order valence-electron chi connectivity index (χ0n) is 9.54. The molecule has 0 aliphatic carbocycles. The molecule has 0 fully saturated rings. The number of anilines is 2. The molecule has 1 heterocycles. The molecule has 1 aromatic heterocycles. The predicted octanol–water partition coefficient (Wildman–Crippen LogP) is 4.42. The fourth-order valence-electron chi connectivity index (χ4n) is 1.46. The second-order valence-corrected chi connectivity index (χ2v) is 5.04. The zero-order valence-corrected chi connectivity index (χ0v) is 11.9. The van der Waals surface area contributed by atoms with E-state index >= 15 is 0 Å². The molecule has 90 valence electrons. The summed E-state index contributed by atoms with van der Waals surface area (Å²) in [6, 6.07) is 9.34. The van der Waals surface area contributed by atoms with Gasteiger partial charge < -0.3 is 5.32 Å². The largest absolute Gasteiger partial charge is 0.339 e. The molecular formula is C13H9BrClN3. The number of halogens is 2. The van der Waals surface area contributed by atoms with E-state index in [4.69, 9.17) is 16.9 Å². The number of rotatable bonds is 2. The Morgan fingerprint density at radius 3 is 2.83 bits per heavy atom. The Balaban J connectivity index is 2.37. The first-order chi connectivity index (χ1) is 8.60. The Labute approximate surface area is 119 Å². The highest BCUT2D eigenvalue weighted by Gasteiger charge is 2.05. The van der Waals surface area contributed by atoms with Crippen molar-refractivity contribution in [2.75, 3.05) is 5.32 Å². The molecule has 0 aliphatic heterocycles. The number of pyridine rings is 1. The molecular weight excluding hydrogens is 314 g/mol. The van der Waals surface area contributed by atoms with Gasteiger partial charge in [0.25, 0.3) is 0 Å². The van der Waals surface area contributed by atoms with Crippen LogP contribution in [0.3, 0.4) is 0 Å². The van der Waals surface area contributed by atoms with E-state index in [0.717, 1.165) is 15.7 Å². The lowest BCUT2D eigenvalue weighted by atomic mass is 10.1. The molecule has 0 atom stereocenters. The van der Waals surface area contributed by atoms with E-state index in [0.29, 0.717) is 16.4 Å². The molecule has 3 nitrogen and oxygen atoms in total. The third-order valence-corrected chi connectivity index (χ3v) is 3.24. The van der Waals surface area contributed by atoms with Crippen molar-refractivity contribution in [1.82, 2.24) is 4.98 Å². The van der Waals surface area contributed by atoms with Crippen LogP contribution in [0.2, 0.25) is 5.02 Å². The third-order valence-electron chi connectivity index (χ3n) is 2.43. The van der Waals surface area contributed by atoms with Gasteiger partial charge in [0, 0.05) is 11.9 Å². The van der Waals surface area contributed by atoms with Crippen LogP contribution in [0.25, 0.3) is 0 Å². The lowest BCUT2D eigenvalue weighted by Gasteiger charge is -2.10. The highest BCUT2D eigenvalue weighted by molar-refractivity contribution is 9.10. The summed E-state index contributed by atoms with van der Waals surface area (Å²) in [6.45, 7) is 1.97. The smallest absolute Gasteiger partial charge is 0.144 e. The number of nitrogens with one attached hydrogen (secondary N) is 1. The van der Waals surface area contributed by atoms with Gasteiger partial charge >= 0.3 is 0 Å². The van der Waals surface area contributed by atoms with Crippen molar-refractivity contribution in [2.45, 2.75) is 6.92 Å². The molecule has 1 aromatic carbocycles. The summed E-state index contributed by atoms with van der Waals surface area (Å²) >= 11 is 9.23. The monoisotopic (exact) mass is 321 g/mol. The number of aryl methyl sites for hydroxylation is 1. The summed E-state index contributed by atoms with van der Waals surface area (Å²) in [5, 5.41) is 12.6. The van der Waals surface area contributed by atoms with E-state index in [-0.39, 0.29) is 0 Å². The summed E-state index contributed by atoms with van der Waals surface area (Å²) in [5.41, 5.74) is 2.50. The van der Waals surface area contributed by atoms with Crippen LogP contribution in [0.5, 0.6) is 0 Å². The molecule has 2 rings (SSSR count). The average Bonchev–Trinajstić information content (AvgIpc) is 2.35. The quantitative estimate of drug-likeness (QED) is 0.890. The highest BCUT2D eigenvalue weighted by atomic mass is 79.9. The minimum atomic E-state index is 0.565. The first-order valence-corrected chi connectivity index (χ1v) is 6.36. The van der Waals surface area contributed by atoms with Gasteiger partial charge in [0.15, 0.2) is 0 Å². The first-order valence-electron chi connectivity index (χ1n) is 5.19. The van der Waals surface area contributed by atoms with Crippen molar-refractivity contribution in [3.8, 4) is 6.07 Å². The maximum atomic E-state index is 8.89. The van der Waals surface area contributed by atoms with Crippen LogP contribution >= 0.6 is 27.5 Å². The first kappa shape index (κ1) is 12.9. The van der Waals surface area contributed by atoms with Gasteiger partial charge in [-0.05, 0) is 46.6 Å². The standard InChI is InChI=1S/C13H9BrClN3/c1-8-2-3-9(6-16)4-12(8)18-13-11(14)5-10(15)7-17-13/h2-5,7H,1H3,(H,17,18). The van der Waals surface area contributed by atoms with Gasteiger partial charge in [-0.25, -0.2) is 4.98 Å². The Morgan fingerprint density at radius 2 is 2.17 bits per heavy atom. The second kappa shape index (κ2) is 5.38. The van der Waals surface area contributed by atoms with Crippen molar-refractivity contribution in [2.24, 2.45) is 0 Å². The van der Waals surface area contributed by atoms with Crippen molar-refractivity contribution < 1.29 is 0 Å².